The van der Waals surface area contributed by atoms with Crippen LogP contribution >= 0.6 is 0 Å². The zero-order valence-electron chi connectivity index (χ0n) is 9.65. The SMILES string of the molecule is Cc1cc(O)c(-c2c(N)cnn2C)cc1C. The van der Waals surface area contributed by atoms with Gasteiger partial charge < -0.3 is 10.8 Å². The van der Waals surface area contributed by atoms with Gasteiger partial charge in [-0.1, -0.05) is 0 Å². The van der Waals surface area contributed by atoms with Crippen LogP contribution in [0, 0.1) is 13.8 Å². The Morgan fingerprint density at radius 2 is 1.88 bits per heavy atom. The van der Waals surface area contributed by atoms with Crippen molar-refractivity contribution in [3.05, 3.63) is 29.5 Å². The van der Waals surface area contributed by atoms with Gasteiger partial charge in [0.15, 0.2) is 0 Å². The molecule has 4 heteroatoms. The molecule has 0 aliphatic rings. The fourth-order valence-electron chi connectivity index (χ4n) is 1.77. The van der Waals surface area contributed by atoms with Gasteiger partial charge in [-0.25, -0.2) is 0 Å². The van der Waals surface area contributed by atoms with Gasteiger partial charge in [0.2, 0.25) is 0 Å². The van der Waals surface area contributed by atoms with Gasteiger partial charge in [-0.3, -0.25) is 4.68 Å². The number of anilines is 1. The molecule has 2 rings (SSSR count). The van der Waals surface area contributed by atoms with Crippen LogP contribution < -0.4 is 5.73 Å². The average molecular weight is 217 g/mol. The van der Waals surface area contributed by atoms with E-state index in [1.54, 1.807) is 24.0 Å². The molecule has 0 spiro atoms. The Morgan fingerprint density at radius 1 is 1.25 bits per heavy atom. The van der Waals surface area contributed by atoms with Crippen LogP contribution in [0.25, 0.3) is 11.3 Å². The first-order chi connectivity index (χ1) is 7.50. The number of rotatable bonds is 1. The molecule has 84 valence electrons. The van der Waals surface area contributed by atoms with Crippen LogP contribution in [0.2, 0.25) is 0 Å². The van der Waals surface area contributed by atoms with Gasteiger partial charge in [-0.2, -0.15) is 5.10 Å². The van der Waals surface area contributed by atoms with E-state index in [0.29, 0.717) is 5.69 Å². The average Bonchev–Trinajstić information content (AvgIpc) is 2.53. The van der Waals surface area contributed by atoms with Crippen molar-refractivity contribution in [1.29, 1.82) is 0 Å². The molecular weight excluding hydrogens is 202 g/mol. The number of aryl methyl sites for hydroxylation is 3. The summed E-state index contributed by atoms with van der Waals surface area (Å²) in [4.78, 5) is 0. The zero-order chi connectivity index (χ0) is 11.9. The standard InChI is InChI=1S/C12H15N3O/c1-7-4-9(11(16)5-8(7)2)12-10(13)6-14-15(12)3/h4-6,16H,13H2,1-3H3. The molecule has 4 nitrogen and oxygen atoms in total. The molecule has 0 bridgehead atoms. The summed E-state index contributed by atoms with van der Waals surface area (Å²) in [6.45, 7) is 3.97. The lowest BCUT2D eigenvalue weighted by Crippen LogP contribution is -1.97. The summed E-state index contributed by atoms with van der Waals surface area (Å²) >= 11 is 0. The fraction of sp³-hybridized carbons (Fsp3) is 0.250. The molecule has 1 heterocycles. The second-order valence-electron chi connectivity index (χ2n) is 4.03. The van der Waals surface area contributed by atoms with E-state index >= 15 is 0 Å². The smallest absolute Gasteiger partial charge is 0.125 e. The molecule has 0 fully saturated rings. The lowest BCUT2D eigenvalue weighted by molar-refractivity contribution is 0.476. The minimum atomic E-state index is 0.235. The molecule has 3 N–H and O–H groups in total. The number of hydrogen-bond donors (Lipinski definition) is 2. The van der Waals surface area contributed by atoms with E-state index in [1.807, 2.05) is 19.9 Å². The van der Waals surface area contributed by atoms with Crippen molar-refractivity contribution < 1.29 is 5.11 Å². The third-order valence-electron chi connectivity index (χ3n) is 2.83. The number of nitrogen functional groups attached to an aromatic ring is 1. The van der Waals surface area contributed by atoms with Gasteiger partial charge >= 0.3 is 0 Å². The van der Waals surface area contributed by atoms with Crippen LogP contribution in [0.5, 0.6) is 5.75 Å². The van der Waals surface area contributed by atoms with Gasteiger partial charge in [0.25, 0.3) is 0 Å². The second-order valence-corrected chi connectivity index (χ2v) is 4.03. The topological polar surface area (TPSA) is 64.1 Å². The van der Waals surface area contributed by atoms with Crippen molar-refractivity contribution in [2.45, 2.75) is 13.8 Å². The van der Waals surface area contributed by atoms with Crippen LogP contribution in [-0.2, 0) is 7.05 Å². The Kier molecular flexibility index (Phi) is 2.34. The van der Waals surface area contributed by atoms with Crippen molar-refractivity contribution in [3.8, 4) is 17.0 Å². The van der Waals surface area contributed by atoms with Gasteiger partial charge in [0, 0.05) is 12.6 Å². The van der Waals surface area contributed by atoms with Crippen molar-refractivity contribution in [3.63, 3.8) is 0 Å². The van der Waals surface area contributed by atoms with Gasteiger partial charge in [-0.15, -0.1) is 0 Å². The number of nitrogens with two attached hydrogens (primary N) is 1. The predicted molar refractivity (Wildman–Crippen MR) is 64.2 cm³/mol. The molecule has 2 aromatic rings. The molecular formula is C12H15N3O. The van der Waals surface area contributed by atoms with E-state index in [2.05, 4.69) is 5.10 Å². The minimum absolute atomic E-state index is 0.235. The van der Waals surface area contributed by atoms with Crippen LogP contribution in [-0.4, -0.2) is 14.9 Å². The normalized spacial score (nSPS) is 10.7. The van der Waals surface area contributed by atoms with Gasteiger partial charge in [0.05, 0.1) is 17.6 Å². The molecule has 0 unspecified atom stereocenters. The third-order valence-corrected chi connectivity index (χ3v) is 2.83. The Bertz CT molecular complexity index is 524. The Hall–Kier alpha value is -1.97. The predicted octanol–water partition coefficient (Wildman–Crippen LogP) is 1.99. The molecule has 16 heavy (non-hydrogen) atoms. The van der Waals surface area contributed by atoms with E-state index in [0.717, 1.165) is 22.4 Å². The minimum Gasteiger partial charge on any atom is -0.507 e. The number of aromatic nitrogens is 2. The molecule has 0 saturated heterocycles. The number of phenols is 1. The van der Waals surface area contributed by atoms with E-state index in [-0.39, 0.29) is 5.75 Å². The lowest BCUT2D eigenvalue weighted by atomic mass is 10.0. The summed E-state index contributed by atoms with van der Waals surface area (Å²) in [7, 11) is 1.81. The quantitative estimate of drug-likeness (QED) is 0.767. The van der Waals surface area contributed by atoms with E-state index < -0.39 is 0 Å². The highest BCUT2D eigenvalue weighted by molar-refractivity contribution is 5.77. The van der Waals surface area contributed by atoms with Crippen LogP contribution in [0.15, 0.2) is 18.3 Å². The second kappa shape index (κ2) is 3.56. The lowest BCUT2D eigenvalue weighted by Gasteiger charge is -2.09. The zero-order valence-corrected chi connectivity index (χ0v) is 9.65. The highest BCUT2D eigenvalue weighted by Gasteiger charge is 2.13. The summed E-state index contributed by atoms with van der Waals surface area (Å²) in [6.07, 6.45) is 1.59. The summed E-state index contributed by atoms with van der Waals surface area (Å²) in [5.41, 5.74) is 10.1. The first-order valence-electron chi connectivity index (χ1n) is 5.08. The van der Waals surface area contributed by atoms with E-state index in [4.69, 9.17) is 5.73 Å². The Balaban J connectivity index is 2.69. The maximum absolute atomic E-state index is 9.94. The monoisotopic (exact) mass is 217 g/mol. The summed E-state index contributed by atoms with van der Waals surface area (Å²) in [6, 6.07) is 3.68. The number of nitrogens with zero attached hydrogens (tertiary/aromatic N) is 2. The Labute approximate surface area is 94.3 Å². The van der Waals surface area contributed by atoms with Crippen LogP contribution in [0.4, 0.5) is 5.69 Å². The van der Waals surface area contributed by atoms with Crippen LogP contribution in [0.1, 0.15) is 11.1 Å². The fourth-order valence-corrected chi connectivity index (χ4v) is 1.77. The third kappa shape index (κ3) is 1.52. The maximum Gasteiger partial charge on any atom is 0.125 e. The molecule has 0 amide bonds. The Morgan fingerprint density at radius 3 is 2.44 bits per heavy atom. The van der Waals surface area contributed by atoms with Crippen molar-refractivity contribution in [2.24, 2.45) is 7.05 Å². The molecule has 0 saturated carbocycles. The van der Waals surface area contributed by atoms with Crippen molar-refractivity contribution >= 4 is 5.69 Å². The van der Waals surface area contributed by atoms with E-state index in [1.165, 1.54) is 0 Å². The molecule has 0 aliphatic heterocycles. The van der Waals surface area contributed by atoms with Crippen molar-refractivity contribution in [1.82, 2.24) is 9.78 Å². The first-order valence-corrected chi connectivity index (χ1v) is 5.08. The maximum atomic E-state index is 9.94. The van der Waals surface area contributed by atoms with Gasteiger partial charge in [0.1, 0.15) is 5.75 Å². The number of aromatic hydroxyl groups is 1. The molecule has 1 aromatic heterocycles. The van der Waals surface area contributed by atoms with E-state index in [9.17, 15) is 5.11 Å². The molecule has 1 aromatic carbocycles. The molecule has 0 atom stereocenters. The van der Waals surface area contributed by atoms with Crippen LogP contribution in [0.3, 0.4) is 0 Å². The largest absolute Gasteiger partial charge is 0.507 e. The van der Waals surface area contributed by atoms with Gasteiger partial charge in [-0.05, 0) is 37.1 Å². The number of hydrogen-bond acceptors (Lipinski definition) is 3. The molecule has 0 aliphatic carbocycles. The molecule has 0 radical (unpaired) electrons. The summed E-state index contributed by atoms with van der Waals surface area (Å²) in [5, 5.41) is 14.0. The number of benzene rings is 1. The van der Waals surface area contributed by atoms with Crippen molar-refractivity contribution in [2.75, 3.05) is 5.73 Å². The first kappa shape index (κ1) is 10.5. The summed E-state index contributed by atoms with van der Waals surface area (Å²) < 4.78 is 1.67. The number of phenolic OH excluding ortho intramolecular Hbond substituents is 1. The summed E-state index contributed by atoms with van der Waals surface area (Å²) in [5.74, 6) is 0.235. The highest BCUT2D eigenvalue weighted by Crippen LogP contribution is 2.34. The highest BCUT2D eigenvalue weighted by atomic mass is 16.3.